The van der Waals surface area contributed by atoms with Gasteiger partial charge >= 0.3 is 0 Å². The molecule has 2 rings (SSSR count). The third-order valence-electron chi connectivity index (χ3n) is 3.48. The first-order valence-electron chi connectivity index (χ1n) is 7.94. The Kier molecular flexibility index (Phi) is 6.88. The van der Waals surface area contributed by atoms with E-state index in [1.54, 1.807) is 30.0 Å². The molecule has 24 heavy (non-hydrogen) atoms. The molecule has 126 valence electrons. The van der Waals surface area contributed by atoms with Crippen molar-refractivity contribution in [3.8, 4) is 0 Å². The number of carbonyl (C=O) groups excluding carboxylic acids is 2. The molecule has 2 aromatic rings. The summed E-state index contributed by atoms with van der Waals surface area (Å²) < 4.78 is 0. The van der Waals surface area contributed by atoms with E-state index in [4.69, 9.17) is 0 Å². The zero-order valence-corrected chi connectivity index (χ0v) is 14.8. The molecule has 0 spiro atoms. The van der Waals surface area contributed by atoms with Gasteiger partial charge in [-0.3, -0.25) is 9.59 Å². The topological polar surface area (TPSA) is 58.2 Å². The lowest BCUT2D eigenvalue weighted by molar-refractivity contribution is -0.115. The van der Waals surface area contributed by atoms with Crippen molar-refractivity contribution in [3.05, 3.63) is 59.7 Å². The molecule has 0 aromatic heterocycles. The monoisotopic (exact) mass is 342 g/mol. The van der Waals surface area contributed by atoms with Crippen LogP contribution in [0.15, 0.2) is 48.5 Å². The largest absolute Gasteiger partial charge is 0.326 e. The Morgan fingerprint density at radius 2 is 1.79 bits per heavy atom. The molecule has 2 aromatic carbocycles. The maximum Gasteiger partial charge on any atom is 0.255 e. The van der Waals surface area contributed by atoms with E-state index in [9.17, 15) is 9.59 Å². The van der Waals surface area contributed by atoms with Gasteiger partial charge in [0, 0.05) is 29.1 Å². The van der Waals surface area contributed by atoms with Gasteiger partial charge in [-0.15, -0.1) is 0 Å². The van der Waals surface area contributed by atoms with Crippen LogP contribution >= 0.6 is 11.8 Å². The predicted molar refractivity (Wildman–Crippen MR) is 102 cm³/mol. The summed E-state index contributed by atoms with van der Waals surface area (Å²) in [4.78, 5) is 24.2. The number of carbonyl (C=O) groups is 2. The minimum absolute atomic E-state index is 0.00872. The van der Waals surface area contributed by atoms with Gasteiger partial charge < -0.3 is 10.6 Å². The van der Waals surface area contributed by atoms with Crippen LogP contribution in [-0.4, -0.2) is 23.3 Å². The SMILES string of the molecule is CCSCCC(=O)Nc1cc(NC(=O)c2ccccc2)ccc1C. The van der Waals surface area contributed by atoms with Crippen LogP contribution in [0.2, 0.25) is 0 Å². The lowest BCUT2D eigenvalue weighted by atomic mass is 10.1. The quantitative estimate of drug-likeness (QED) is 0.736. The van der Waals surface area contributed by atoms with Crippen molar-refractivity contribution in [2.45, 2.75) is 20.3 Å². The van der Waals surface area contributed by atoms with Crippen molar-refractivity contribution in [1.82, 2.24) is 0 Å². The highest BCUT2D eigenvalue weighted by Crippen LogP contribution is 2.21. The molecule has 0 fully saturated rings. The van der Waals surface area contributed by atoms with Crippen molar-refractivity contribution in [1.29, 1.82) is 0 Å². The Morgan fingerprint density at radius 1 is 1.04 bits per heavy atom. The summed E-state index contributed by atoms with van der Waals surface area (Å²) in [5.74, 6) is 1.64. The second-order valence-electron chi connectivity index (χ2n) is 5.34. The van der Waals surface area contributed by atoms with E-state index in [0.717, 1.165) is 22.8 Å². The first-order chi connectivity index (χ1) is 11.6. The Labute approximate surface area is 147 Å². The number of hydrogen-bond donors (Lipinski definition) is 2. The van der Waals surface area contributed by atoms with Crippen molar-refractivity contribution < 1.29 is 9.59 Å². The standard InChI is InChI=1S/C19H22N2O2S/c1-3-24-12-11-18(22)21-17-13-16(10-9-14(17)2)20-19(23)15-7-5-4-6-8-15/h4-10,13H,3,11-12H2,1-2H3,(H,20,23)(H,21,22). The highest BCUT2D eigenvalue weighted by Gasteiger charge is 2.09. The molecule has 0 aliphatic heterocycles. The van der Waals surface area contributed by atoms with E-state index in [1.165, 1.54) is 0 Å². The second-order valence-corrected chi connectivity index (χ2v) is 6.74. The zero-order chi connectivity index (χ0) is 17.4. The van der Waals surface area contributed by atoms with Crippen LogP contribution in [0.3, 0.4) is 0 Å². The van der Waals surface area contributed by atoms with Crippen LogP contribution in [0.25, 0.3) is 0 Å². The Bertz CT molecular complexity index is 702. The van der Waals surface area contributed by atoms with Gasteiger partial charge in [-0.1, -0.05) is 31.2 Å². The molecule has 4 nitrogen and oxygen atoms in total. The summed E-state index contributed by atoms with van der Waals surface area (Å²) in [5, 5.41) is 5.78. The van der Waals surface area contributed by atoms with E-state index >= 15 is 0 Å². The molecule has 0 bridgehead atoms. The summed E-state index contributed by atoms with van der Waals surface area (Å²) >= 11 is 1.74. The number of rotatable bonds is 7. The van der Waals surface area contributed by atoms with Gasteiger partial charge in [0.1, 0.15) is 0 Å². The van der Waals surface area contributed by atoms with Crippen LogP contribution in [0.4, 0.5) is 11.4 Å². The number of thioether (sulfide) groups is 1. The molecule has 0 aliphatic rings. The van der Waals surface area contributed by atoms with Gasteiger partial charge in [-0.25, -0.2) is 0 Å². The molecule has 0 atom stereocenters. The van der Waals surface area contributed by atoms with E-state index in [0.29, 0.717) is 17.7 Å². The summed E-state index contributed by atoms with van der Waals surface area (Å²) in [6.07, 6.45) is 0.485. The highest BCUT2D eigenvalue weighted by atomic mass is 32.2. The predicted octanol–water partition coefficient (Wildman–Crippen LogP) is 4.33. The number of hydrogen-bond acceptors (Lipinski definition) is 3. The molecule has 5 heteroatoms. The second kappa shape index (κ2) is 9.13. The molecule has 0 saturated heterocycles. The van der Waals surface area contributed by atoms with Gasteiger partial charge in [0.2, 0.25) is 5.91 Å². The fourth-order valence-corrected chi connectivity index (χ4v) is 2.77. The summed E-state index contributed by atoms with van der Waals surface area (Å²) in [6, 6.07) is 14.5. The van der Waals surface area contributed by atoms with Gasteiger partial charge in [-0.05, 0) is 42.5 Å². The molecule has 0 heterocycles. The van der Waals surface area contributed by atoms with Crippen LogP contribution in [-0.2, 0) is 4.79 Å². The van der Waals surface area contributed by atoms with Gasteiger partial charge in [0.25, 0.3) is 5.91 Å². The van der Waals surface area contributed by atoms with Crippen molar-refractivity contribution in [2.75, 3.05) is 22.1 Å². The molecular weight excluding hydrogens is 320 g/mol. The lowest BCUT2D eigenvalue weighted by Crippen LogP contribution is -2.15. The van der Waals surface area contributed by atoms with Crippen molar-refractivity contribution >= 4 is 35.0 Å². The van der Waals surface area contributed by atoms with Crippen LogP contribution < -0.4 is 10.6 Å². The molecule has 0 aliphatic carbocycles. The normalized spacial score (nSPS) is 10.2. The minimum atomic E-state index is -0.170. The first-order valence-corrected chi connectivity index (χ1v) is 9.10. The van der Waals surface area contributed by atoms with E-state index in [1.807, 2.05) is 37.3 Å². The van der Waals surface area contributed by atoms with Crippen LogP contribution in [0.5, 0.6) is 0 Å². The molecule has 2 amide bonds. The fourth-order valence-electron chi connectivity index (χ4n) is 2.15. The summed E-state index contributed by atoms with van der Waals surface area (Å²) in [7, 11) is 0. The maximum atomic E-state index is 12.2. The molecule has 0 radical (unpaired) electrons. The summed E-state index contributed by atoms with van der Waals surface area (Å²) in [6.45, 7) is 4.00. The van der Waals surface area contributed by atoms with Gasteiger partial charge in [0.15, 0.2) is 0 Å². The average molecular weight is 342 g/mol. The number of aryl methyl sites for hydroxylation is 1. The van der Waals surface area contributed by atoms with E-state index in [-0.39, 0.29) is 11.8 Å². The van der Waals surface area contributed by atoms with Crippen molar-refractivity contribution in [2.24, 2.45) is 0 Å². The van der Waals surface area contributed by atoms with Crippen LogP contribution in [0.1, 0.15) is 29.3 Å². The number of benzene rings is 2. The van der Waals surface area contributed by atoms with E-state index < -0.39 is 0 Å². The minimum Gasteiger partial charge on any atom is -0.326 e. The highest BCUT2D eigenvalue weighted by molar-refractivity contribution is 7.99. The fraction of sp³-hybridized carbons (Fsp3) is 0.263. The molecule has 2 N–H and O–H groups in total. The van der Waals surface area contributed by atoms with Crippen LogP contribution in [0, 0.1) is 6.92 Å². The van der Waals surface area contributed by atoms with Gasteiger partial charge in [-0.2, -0.15) is 11.8 Å². The molecule has 0 unspecified atom stereocenters. The number of amides is 2. The molecule has 0 saturated carbocycles. The maximum absolute atomic E-state index is 12.2. The van der Waals surface area contributed by atoms with E-state index in [2.05, 4.69) is 17.6 Å². The van der Waals surface area contributed by atoms with Gasteiger partial charge in [0.05, 0.1) is 0 Å². The zero-order valence-electron chi connectivity index (χ0n) is 14.0. The third-order valence-corrected chi connectivity index (χ3v) is 4.38. The smallest absolute Gasteiger partial charge is 0.255 e. The Morgan fingerprint density at radius 3 is 2.50 bits per heavy atom. The Hall–Kier alpha value is -2.27. The first kappa shape index (κ1) is 18.1. The number of anilines is 2. The average Bonchev–Trinajstić information content (AvgIpc) is 2.59. The van der Waals surface area contributed by atoms with Crippen molar-refractivity contribution in [3.63, 3.8) is 0 Å². The number of nitrogens with one attached hydrogen (secondary N) is 2. The summed E-state index contributed by atoms with van der Waals surface area (Å²) in [5.41, 5.74) is 2.95. The molecular formula is C19H22N2O2S. The lowest BCUT2D eigenvalue weighted by Gasteiger charge is -2.11. The third kappa shape index (κ3) is 5.42. The Balaban J connectivity index is 2.02.